The van der Waals surface area contributed by atoms with Crippen LogP contribution < -0.4 is 0 Å². The van der Waals surface area contributed by atoms with Crippen molar-refractivity contribution in [2.45, 2.75) is 50.9 Å². The van der Waals surface area contributed by atoms with Crippen LogP contribution in [-0.4, -0.2) is 34.0 Å². The summed E-state index contributed by atoms with van der Waals surface area (Å²) in [5.41, 5.74) is 1.86. The van der Waals surface area contributed by atoms with Crippen LogP contribution in [0.15, 0.2) is 28.8 Å². The van der Waals surface area contributed by atoms with Gasteiger partial charge in [-0.1, -0.05) is 35.7 Å². The fraction of sp³-hybridized carbons (Fsp3) is 0.526. The highest BCUT2D eigenvalue weighted by molar-refractivity contribution is 5.94. The molecule has 0 spiro atoms. The predicted molar refractivity (Wildman–Crippen MR) is 89.9 cm³/mol. The van der Waals surface area contributed by atoms with E-state index in [0.29, 0.717) is 18.4 Å². The monoisotopic (exact) mass is 325 g/mol. The largest absolute Gasteiger partial charge is 0.339 e. The van der Waals surface area contributed by atoms with Gasteiger partial charge < -0.3 is 9.42 Å². The van der Waals surface area contributed by atoms with Crippen molar-refractivity contribution < 1.29 is 9.32 Å². The summed E-state index contributed by atoms with van der Waals surface area (Å²) >= 11 is 0. The van der Waals surface area contributed by atoms with Crippen LogP contribution in [0.3, 0.4) is 0 Å². The normalized spacial score (nSPS) is 21.5. The number of carbonyl (C=O) groups is 1. The van der Waals surface area contributed by atoms with Gasteiger partial charge in [-0.2, -0.15) is 4.98 Å². The standard InChI is InChI=1S/C19H23N3O2/c1-13-5-4-8-15(11-13)19(23)22-10-9-16(12-22)18-20-17(21-24-18)14-6-2-3-7-14/h4-5,8,11,14,16H,2-3,6-7,9-10,12H2,1H3/t16-/m0/s1. The molecule has 1 aliphatic carbocycles. The molecule has 1 amide bonds. The summed E-state index contributed by atoms with van der Waals surface area (Å²) in [6.45, 7) is 3.42. The maximum absolute atomic E-state index is 12.6. The van der Waals surface area contributed by atoms with E-state index in [9.17, 15) is 4.79 Å². The van der Waals surface area contributed by atoms with Gasteiger partial charge in [-0.3, -0.25) is 4.79 Å². The highest BCUT2D eigenvalue weighted by atomic mass is 16.5. The van der Waals surface area contributed by atoms with Crippen LogP contribution in [0.1, 0.15) is 71.6 Å². The zero-order valence-electron chi connectivity index (χ0n) is 14.1. The first-order chi connectivity index (χ1) is 11.7. The lowest BCUT2D eigenvalue weighted by molar-refractivity contribution is 0.0789. The lowest BCUT2D eigenvalue weighted by Crippen LogP contribution is -2.28. The van der Waals surface area contributed by atoms with Crippen LogP contribution >= 0.6 is 0 Å². The Morgan fingerprint density at radius 1 is 1.21 bits per heavy atom. The molecular weight excluding hydrogens is 302 g/mol. The molecule has 0 N–H and O–H groups in total. The first kappa shape index (κ1) is 15.4. The van der Waals surface area contributed by atoms with Gasteiger partial charge in [0.2, 0.25) is 5.89 Å². The van der Waals surface area contributed by atoms with E-state index in [1.807, 2.05) is 36.1 Å². The molecule has 0 unspecified atom stereocenters. The molecular formula is C19H23N3O2. The fourth-order valence-electron chi connectivity index (χ4n) is 3.87. The Morgan fingerprint density at radius 2 is 2.04 bits per heavy atom. The number of nitrogens with zero attached hydrogens (tertiary/aromatic N) is 3. The van der Waals surface area contributed by atoms with Gasteiger partial charge in [-0.25, -0.2) is 0 Å². The Bertz CT molecular complexity index is 734. The number of amides is 1. The van der Waals surface area contributed by atoms with Crippen LogP contribution in [0.2, 0.25) is 0 Å². The number of carbonyl (C=O) groups excluding carboxylic acids is 1. The van der Waals surface area contributed by atoms with Gasteiger partial charge in [-0.15, -0.1) is 0 Å². The third-order valence-electron chi connectivity index (χ3n) is 5.27. The number of aromatic nitrogens is 2. The SMILES string of the molecule is Cc1cccc(C(=O)N2CC[C@H](c3nc(C4CCCC4)no3)C2)c1. The summed E-state index contributed by atoms with van der Waals surface area (Å²) in [7, 11) is 0. The van der Waals surface area contributed by atoms with Gasteiger partial charge in [-0.05, 0) is 38.3 Å². The third kappa shape index (κ3) is 2.95. The first-order valence-electron chi connectivity index (χ1n) is 8.90. The summed E-state index contributed by atoms with van der Waals surface area (Å²) in [5, 5.41) is 4.19. The molecule has 1 saturated heterocycles. The molecule has 4 rings (SSSR count). The first-order valence-corrected chi connectivity index (χ1v) is 8.90. The minimum absolute atomic E-state index is 0.0942. The van der Waals surface area contributed by atoms with Crippen molar-refractivity contribution in [1.29, 1.82) is 0 Å². The molecule has 5 nitrogen and oxygen atoms in total. The summed E-state index contributed by atoms with van der Waals surface area (Å²) in [5.74, 6) is 2.30. The fourth-order valence-corrected chi connectivity index (χ4v) is 3.87. The van der Waals surface area contributed by atoms with Crippen LogP contribution in [0.5, 0.6) is 0 Å². The Kier molecular flexibility index (Phi) is 4.08. The van der Waals surface area contributed by atoms with E-state index in [-0.39, 0.29) is 11.8 Å². The minimum Gasteiger partial charge on any atom is -0.339 e. The molecule has 2 aliphatic rings. The molecule has 0 bridgehead atoms. The Hall–Kier alpha value is -2.17. The quantitative estimate of drug-likeness (QED) is 0.864. The maximum Gasteiger partial charge on any atom is 0.253 e. The van der Waals surface area contributed by atoms with Crippen molar-refractivity contribution in [1.82, 2.24) is 15.0 Å². The second-order valence-corrected chi connectivity index (χ2v) is 7.08. The second kappa shape index (κ2) is 6.38. The van der Waals surface area contributed by atoms with Crippen LogP contribution in [0.4, 0.5) is 0 Å². The molecule has 0 radical (unpaired) electrons. The van der Waals surface area contributed by atoms with Crippen LogP contribution in [0, 0.1) is 6.92 Å². The molecule has 1 atom stereocenters. The Morgan fingerprint density at radius 3 is 2.83 bits per heavy atom. The van der Waals surface area contributed by atoms with Crippen molar-refractivity contribution in [3.63, 3.8) is 0 Å². The molecule has 1 aromatic heterocycles. The van der Waals surface area contributed by atoms with E-state index in [2.05, 4.69) is 10.1 Å². The van der Waals surface area contributed by atoms with Crippen LogP contribution in [0.25, 0.3) is 0 Å². The van der Waals surface area contributed by atoms with E-state index in [0.717, 1.165) is 29.9 Å². The van der Waals surface area contributed by atoms with E-state index in [1.54, 1.807) is 0 Å². The van der Waals surface area contributed by atoms with Gasteiger partial charge in [0.05, 0.1) is 5.92 Å². The second-order valence-electron chi connectivity index (χ2n) is 7.08. The highest BCUT2D eigenvalue weighted by Crippen LogP contribution is 2.34. The summed E-state index contributed by atoms with van der Waals surface area (Å²) < 4.78 is 5.51. The lowest BCUT2D eigenvalue weighted by Gasteiger charge is -2.16. The summed E-state index contributed by atoms with van der Waals surface area (Å²) in [6.07, 6.45) is 5.75. The summed E-state index contributed by atoms with van der Waals surface area (Å²) in [6, 6.07) is 7.77. The van der Waals surface area contributed by atoms with Crippen molar-refractivity contribution in [3.8, 4) is 0 Å². The molecule has 5 heteroatoms. The molecule has 1 aliphatic heterocycles. The molecule has 1 saturated carbocycles. The van der Waals surface area contributed by atoms with Crippen molar-refractivity contribution >= 4 is 5.91 Å². The van der Waals surface area contributed by atoms with Gasteiger partial charge in [0.15, 0.2) is 5.82 Å². The van der Waals surface area contributed by atoms with Crippen molar-refractivity contribution in [2.75, 3.05) is 13.1 Å². The maximum atomic E-state index is 12.6. The van der Waals surface area contributed by atoms with E-state index >= 15 is 0 Å². The van der Waals surface area contributed by atoms with E-state index < -0.39 is 0 Å². The molecule has 2 aromatic rings. The Labute approximate surface area is 142 Å². The van der Waals surface area contributed by atoms with E-state index in [4.69, 9.17) is 4.52 Å². The summed E-state index contributed by atoms with van der Waals surface area (Å²) in [4.78, 5) is 19.2. The van der Waals surface area contributed by atoms with Gasteiger partial charge in [0.25, 0.3) is 5.91 Å². The molecule has 2 heterocycles. The number of benzene rings is 1. The Balaban J connectivity index is 1.43. The molecule has 2 fully saturated rings. The van der Waals surface area contributed by atoms with Crippen LogP contribution in [-0.2, 0) is 0 Å². The predicted octanol–water partition coefficient (Wildman–Crippen LogP) is 3.67. The zero-order chi connectivity index (χ0) is 16.5. The molecule has 24 heavy (non-hydrogen) atoms. The zero-order valence-corrected chi connectivity index (χ0v) is 14.1. The molecule has 126 valence electrons. The topological polar surface area (TPSA) is 59.2 Å². The highest BCUT2D eigenvalue weighted by Gasteiger charge is 2.32. The number of aryl methyl sites for hydroxylation is 1. The van der Waals surface area contributed by atoms with Gasteiger partial charge in [0, 0.05) is 24.6 Å². The number of rotatable bonds is 3. The number of hydrogen-bond donors (Lipinski definition) is 0. The lowest BCUT2D eigenvalue weighted by atomic mass is 10.1. The van der Waals surface area contributed by atoms with Crippen molar-refractivity contribution in [2.24, 2.45) is 0 Å². The number of likely N-dealkylation sites (tertiary alicyclic amines) is 1. The smallest absolute Gasteiger partial charge is 0.253 e. The number of hydrogen-bond acceptors (Lipinski definition) is 4. The average Bonchev–Trinajstić information content (AvgIpc) is 3.32. The minimum atomic E-state index is 0.0942. The van der Waals surface area contributed by atoms with E-state index in [1.165, 1.54) is 25.7 Å². The molecule has 1 aromatic carbocycles. The van der Waals surface area contributed by atoms with Gasteiger partial charge >= 0.3 is 0 Å². The average molecular weight is 325 g/mol. The van der Waals surface area contributed by atoms with Crippen molar-refractivity contribution in [3.05, 3.63) is 47.1 Å². The van der Waals surface area contributed by atoms with Gasteiger partial charge in [0.1, 0.15) is 0 Å². The third-order valence-corrected chi connectivity index (χ3v) is 5.27.